The molecule has 0 bridgehead atoms. The van der Waals surface area contributed by atoms with E-state index >= 15 is 0 Å². The molecule has 0 radical (unpaired) electrons. The van der Waals surface area contributed by atoms with E-state index in [1.807, 2.05) is 37.2 Å². The number of nitrogens with one attached hydrogen (secondary N) is 1. The second-order valence-corrected chi connectivity index (χ2v) is 9.16. The van der Waals surface area contributed by atoms with Crippen molar-refractivity contribution in [1.29, 1.82) is 0 Å². The Hall–Kier alpha value is -2.44. The van der Waals surface area contributed by atoms with Crippen molar-refractivity contribution in [2.24, 2.45) is 5.92 Å². The Morgan fingerprint density at radius 2 is 2.03 bits per heavy atom. The van der Waals surface area contributed by atoms with Crippen molar-refractivity contribution in [3.63, 3.8) is 0 Å². The van der Waals surface area contributed by atoms with E-state index in [2.05, 4.69) is 38.3 Å². The number of anilines is 1. The van der Waals surface area contributed by atoms with Crippen molar-refractivity contribution in [1.82, 2.24) is 19.7 Å². The summed E-state index contributed by atoms with van der Waals surface area (Å²) >= 11 is 0. The van der Waals surface area contributed by atoms with Crippen molar-refractivity contribution < 1.29 is 4.79 Å². The molecule has 1 aliphatic heterocycles. The average Bonchev–Trinajstić information content (AvgIpc) is 3.59. The first-order valence-electron chi connectivity index (χ1n) is 11.5. The van der Waals surface area contributed by atoms with Gasteiger partial charge in [0, 0.05) is 44.6 Å². The standard InChI is InChI=1S/C25H35N5O/c1-28(2)14-15-30(19-22-7-3-4-12-26-22)25(31)16-27-24-8-5-6-21-18-29(13-11-23(21)24)17-20-9-10-20/h3-8,12,20,27H,9-11,13-19H2,1-2H3. The van der Waals surface area contributed by atoms with Gasteiger partial charge in [0.1, 0.15) is 0 Å². The topological polar surface area (TPSA) is 51.7 Å². The van der Waals surface area contributed by atoms with Gasteiger partial charge in [-0.2, -0.15) is 0 Å². The van der Waals surface area contributed by atoms with Crippen molar-refractivity contribution in [3.05, 3.63) is 59.4 Å². The minimum Gasteiger partial charge on any atom is -0.376 e. The number of carbonyl (C=O) groups excluding carboxylic acids is 1. The van der Waals surface area contributed by atoms with Gasteiger partial charge in [-0.05, 0) is 68.6 Å². The summed E-state index contributed by atoms with van der Waals surface area (Å²) < 4.78 is 0. The molecule has 1 aromatic heterocycles. The van der Waals surface area contributed by atoms with Crippen LogP contribution < -0.4 is 5.32 Å². The van der Waals surface area contributed by atoms with Crippen LogP contribution in [0.15, 0.2) is 42.6 Å². The van der Waals surface area contributed by atoms with Gasteiger partial charge < -0.3 is 15.1 Å². The van der Waals surface area contributed by atoms with Crippen LogP contribution in [0.2, 0.25) is 0 Å². The summed E-state index contributed by atoms with van der Waals surface area (Å²) in [6.07, 6.45) is 5.63. The first kappa shape index (κ1) is 21.8. The van der Waals surface area contributed by atoms with Gasteiger partial charge in [0.15, 0.2) is 0 Å². The zero-order valence-corrected chi connectivity index (χ0v) is 18.9. The molecule has 166 valence electrons. The normalized spacial score (nSPS) is 16.2. The van der Waals surface area contributed by atoms with E-state index in [0.717, 1.165) is 43.4 Å². The fourth-order valence-electron chi connectivity index (χ4n) is 4.24. The van der Waals surface area contributed by atoms with Crippen molar-refractivity contribution in [2.45, 2.75) is 32.4 Å². The lowest BCUT2D eigenvalue weighted by atomic mass is 9.97. The Morgan fingerprint density at radius 3 is 2.77 bits per heavy atom. The Labute approximate surface area is 186 Å². The van der Waals surface area contributed by atoms with Gasteiger partial charge in [-0.15, -0.1) is 0 Å². The smallest absolute Gasteiger partial charge is 0.242 e. The first-order valence-corrected chi connectivity index (χ1v) is 11.5. The number of aromatic nitrogens is 1. The Kier molecular flexibility index (Phi) is 7.20. The predicted molar refractivity (Wildman–Crippen MR) is 125 cm³/mol. The molecule has 0 spiro atoms. The molecule has 0 atom stereocenters. The molecule has 2 aromatic rings. The summed E-state index contributed by atoms with van der Waals surface area (Å²) in [5.41, 5.74) is 4.82. The summed E-state index contributed by atoms with van der Waals surface area (Å²) in [6, 6.07) is 12.3. The zero-order valence-electron chi connectivity index (χ0n) is 18.9. The number of fused-ring (bicyclic) bond motifs is 1. The molecule has 2 aliphatic rings. The molecule has 0 unspecified atom stereocenters. The third-order valence-electron chi connectivity index (χ3n) is 6.24. The highest BCUT2D eigenvalue weighted by molar-refractivity contribution is 5.81. The van der Waals surface area contributed by atoms with E-state index in [9.17, 15) is 4.79 Å². The highest BCUT2D eigenvalue weighted by Crippen LogP contribution is 2.32. The van der Waals surface area contributed by atoms with Crippen molar-refractivity contribution >= 4 is 11.6 Å². The quantitative estimate of drug-likeness (QED) is 0.639. The highest BCUT2D eigenvalue weighted by Gasteiger charge is 2.27. The lowest BCUT2D eigenvalue weighted by Crippen LogP contribution is -2.39. The van der Waals surface area contributed by atoms with Crippen LogP contribution in [-0.4, -0.2) is 72.4 Å². The predicted octanol–water partition coefficient (Wildman–Crippen LogP) is 2.85. The van der Waals surface area contributed by atoms with E-state index in [4.69, 9.17) is 0 Å². The van der Waals surface area contributed by atoms with Crippen LogP contribution in [0.3, 0.4) is 0 Å². The number of carbonyl (C=O) groups is 1. The SMILES string of the molecule is CN(C)CCN(Cc1ccccn1)C(=O)CNc1cccc2c1CCN(CC1CC1)C2. The minimum absolute atomic E-state index is 0.108. The molecule has 1 saturated carbocycles. The number of amides is 1. The van der Waals surface area contributed by atoms with Gasteiger partial charge in [-0.3, -0.25) is 14.7 Å². The highest BCUT2D eigenvalue weighted by atomic mass is 16.2. The molecule has 2 heterocycles. The number of pyridine rings is 1. The van der Waals surface area contributed by atoms with Crippen molar-refractivity contribution in [3.8, 4) is 0 Å². The van der Waals surface area contributed by atoms with Crippen LogP contribution in [0.1, 0.15) is 29.7 Å². The summed E-state index contributed by atoms with van der Waals surface area (Å²) in [5.74, 6) is 1.03. The monoisotopic (exact) mass is 421 g/mol. The number of benzene rings is 1. The molecule has 1 aromatic carbocycles. The molecular weight excluding hydrogens is 386 g/mol. The van der Waals surface area contributed by atoms with Gasteiger partial charge in [-0.25, -0.2) is 0 Å². The van der Waals surface area contributed by atoms with Gasteiger partial charge >= 0.3 is 0 Å². The Bertz CT molecular complexity index is 865. The molecule has 1 fully saturated rings. The second kappa shape index (κ2) is 10.2. The molecule has 6 nitrogen and oxygen atoms in total. The van der Waals surface area contributed by atoms with Crippen LogP contribution in [0, 0.1) is 5.92 Å². The largest absolute Gasteiger partial charge is 0.376 e. The van der Waals surface area contributed by atoms with Crippen molar-refractivity contribution in [2.75, 3.05) is 52.1 Å². The van der Waals surface area contributed by atoms with Gasteiger partial charge in [-0.1, -0.05) is 18.2 Å². The van der Waals surface area contributed by atoms with E-state index in [1.165, 1.54) is 30.5 Å². The van der Waals surface area contributed by atoms with Crippen LogP contribution in [0.25, 0.3) is 0 Å². The van der Waals surface area contributed by atoms with E-state index in [-0.39, 0.29) is 5.91 Å². The van der Waals surface area contributed by atoms with E-state index in [0.29, 0.717) is 19.6 Å². The summed E-state index contributed by atoms with van der Waals surface area (Å²) in [6.45, 7) is 5.75. The summed E-state index contributed by atoms with van der Waals surface area (Å²) in [7, 11) is 4.06. The first-order chi connectivity index (χ1) is 15.1. The number of hydrogen-bond donors (Lipinski definition) is 1. The maximum absolute atomic E-state index is 13.1. The average molecular weight is 422 g/mol. The Morgan fingerprint density at radius 1 is 1.16 bits per heavy atom. The fraction of sp³-hybridized carbons (Fsp3) is 0.520. The van der Waals surface area contributed by atoms with Crippen LogP contribution in [0.4, 0.5) is 5.69 Å². The number of rotatable bonds is 10. The molecule has 0 saturated heterocycles. The van der Waals surface area contributed by atoms with E-state index < -0.39 is 0 Å². The summed E-state index contributed by atoms with van der Waals surface area (Å²) in [5, 5.41) is 3.45. The second-order valence-electron chi connectivity index (χ2n) is 9.16. The van der Waals surface area contributed by atoms with Crippen LogP contribution in [-0.2, 0) is 24.3 Å². The zero-order chi connectivity index (χ0) is 21.6. The summed E-state index contributed by atoms with van der Waals surface area (Å²) in [4.78, 5) is 24.1. The lowest BCUT2D eigenvalue weighted by molar-refractivity contribution is -0.130. The maximum atomic E-state index is 13.1. The molecule has 1 amide bonds. The molecule has 31 heavy (non-hydrogen) atoms. The molecule has 1 N–H and O–H groups in total. The third-order valence-corrected chi connectivity index (χ3v) is 6.24. The van der Waals surface area contributed by atoms with Gasteiger partial charge in [0.05, 0.1) is 18.8 Å². The maximum Gasteiger partial charge on any atom is 0.242 e. The minimum atomic E-state index is 0.108. The molecule has 4 rings (SSSR count). The molecule has 1 aliphatic carbocycles. The number of likely N-dealkylation sites (N-methyl/N-ethyl adjacent to an activating group) is 1. The third kappa shape index (κ3) is 6.28. The molecule has 6 heteroatoms. The van der Waals surface area contributed by atoms with Gasteiger partial charge in [0.2, 0.25) is 5.91 Å². The van der Waals surface area contributed by atoms with Crippen LogP contribution in [0.5, 0.6) is 0 Å². The lowest BCUT2D eigenvalue weighted by Gasteiger charge is -2.30. The van der Waals surface area contributed by atoms with Crippen LogP contribution >= 0.6 is 0 Å². The number of nitrogens with zero attached hydrogens (tertiary/aromatic N) is 4. The fourth-order valence-corrected chi connectivity index (χ4v) is 4.24. The molecular formula is C25H35N5O. The van der Waals surface area contributed by atoms with E-state index in [1.54, 1.807) is 6.20 Å². The Balaban J connectivity index is 1.38. The van der Waals surface area contributed by atoms with Gasteiger partial charge in [0.25, 0.3) is 0 Å². The number of hydrogen-bond acceptors (Lipinski definition) is 5.